The molecule has 0 saturated heterocycles. The Balaban J connectivity index is 1.48. The van der Waals surface area contributed by atoms with Crippen molar-refractivity contribution in [1.29, 1.82) is 0 Å². The van der Waals surface area contributed by atoms with Crippen LogP contribution in [-0.2, 0) is 0 Å². The van der Waals surface area contributed by atoms with E-state index in [2.05, 4.69) is 46.2 Å². The van der Waals surface area contributed by atoms with Crippen LogP contribution in [0.4, 0.5) is 34.1 Å². The Morgan fingerprint density at radius 2 is 0.833 bits per heavy atom. The smallest absolute Gasteiger partial charge is 0.0541 e. The average Bonchev–Trinajstić information content (AvgIpc) is 3.04. The number of rotatable bonds is 6. The lowest BCUT2D eigenvalue weighted by molar-refractivity contribution is -0.535. The molecule has 4 N–H and O–H groups in total. The van der Waals surface area contributed by atoms with Gasteiger partial charge in [-0.1, -0.05) is 48.5 Å². The Kier molecular flexibility index (Phi) is 7.49. The van der Waals surface area contributed by atoms with Gasteiger partial charge in [-0.3, -0.25) is 0 Å². The highest BCUT2D eigenvalue weighted by Gasteiger charge is 2.42. The normalized spacial score (nSPS) is 19.2. The Hall–Kier alpha value is -4.92. The number of nitrogen functional groups attached to an aromatic ring is 2. The number of hydrogen-bond acceptors (Lipinski definition) is 8. The molecule has 1 aliphatic rings. The van der Waals surface area contributed by atoms with Crippen LogP contribution in [0.5, 0.6) is 0 Å². The van der Waals surface area contributed by atoms with E-state index in [4.69, 9.17) is 11.5 Å². The van der Waals surface area contributed by atoms with Crippen LogP contribution < -0.4 is 41.3 Å². The summed E-state index contributed by atoms with van der Waals surface area (Å²) < 4.78 is 0. The molecule has 0 heterocycles. The Morgan fingerprint density at radius 1 is 0.479 bits per heavy atom. The molecule has 0 radical (unpaired) electrons. The lowest BCUT2D eigenvalue weighted by Gasteiger charge is -2.62. The molecule has 6 aromatic rings. The molecule has 1 aliphatic carbocycles. The molecule has 7 rings (SSSR count). The number of anilines is 6. The molecule has 8 nitrogen and oxygen atoms in total. The molecule has 1 saturated carbocycles. The highest BCUT2D eigenvalue weighted by atomic mass is 16.3. The molecule has 0 amide bonds. The first kappa shape index (κ1) is 31.7. The molecule has 0 spiro atoms. The maximum absolute atomic E-state index is 14.7. The van der Waals surface area contributed by atoms with Crippen LogP contribution in [-0.4, -0.2) is 68.6 Å². The monoisotopic (exact) mass is 640 g/mol. The minimum absolute atomic E-state index is 0.470. The Labute approximate surface area is 282 Å². The van der Waals surface area contributed by atoms with Gasteiger partial charge in [0.2, 0.25) is 0 Å². The fourth-order valence-electron chi connectivity index (χ4n) is 8.22. The first-order valence-corrected chi connectivity index (χ1v) is 16.4. The van der Waals surface area contributed by atoms with E-state index < -0.39 is 24.0 Å². The molecular weight excluding hydrogens is 596 g/mol. The second-order valence-corrected chi connectivity index (χ2v) is 14.1. The summed E-state index contributed by atoms with van der Waals surface area (Å²) in [5.74, 6) is -1.66. The van der Waals surface area contributed by atoms with Crippen molar-refractivity contribution < 1.29 is 10.2 Å². The van der Waals surface area contributed by atoms with Crippen molar-refractivity contribution in [2.24, 2.45) is 0 Å². The van der Waals surface area contributed by atoms with Gasteiger partial charge in [0.25, 0.3) is 0 Å². The van der Waals surface area contributed by atoms with Gasteiger partial charge >= 0.3 is 0 Å². The SMILES string of the molecule is CN(C)c1cc(N)c(C2C([O-])C(c3c(N)cc(N(C)C)c4c(N(C)C)c5ccccc5cc34)C2[O-])c2cc3ccccc3c(N(C)C)c12. The summed E-state index contributed by atoms with van der Waals surface area (Å²) in [6.07, 6.45) is -2.47. The number of nitrogens with zero attached hydrogens (tertiary/aromatic N) is 4. The molecule has 0 atom stereocenters. The standard InChI is InChI=1S/C40H44N6O2/c1-43(2)29-19-27(41)31(25-17-21-13-9-11-15-23(21)37(33(25)29)45(5)6)35-39(47)36(40(35)48)32-26-18-22-14-10-12-16-24(22)38(46(7)8)34(26)30(44(3)4)20-28(32)42/h9-20,35-36,39-40H,41-42H2,1-8H3/q-2. The lowest BCUT2D eigenvalue weighted by Crippen LogP contribution is -2.64. The minimum Gasteiger partial charge on any atom is -0.851 e. The van der Waals surface area contributed by atoms with Crippen molar-refractivity contribution in [2.45, 2.75) is 24.0 Å². The number of hydrogen-bond donors (Lipinski definition) is 2. The van der Waals surface area contributed by atoms with Gasteiger partial charge in [0.05, 0.1) is 11.4 Å². The fraction of sp³-hybridized carbons (Fsp3) is 0.300. The highest BCUT2D eigenvalue weighted by molar-refractivity contribution is 6.19. The molecule has 0 unspecified atom stereocenters. The fourth-order valence-corrected chi connectivity index (χ4v) is 8.22. The van der Waals surface area contributed by atoms with Gasteiger partial charge in [0.1, 0.15) is 0 Å². The van der Waals surface area contributed by atoms with E-state index in [0.717, 1.165) is 65.8 Å². The number of fused-ring (bicyclic) bond motifs is 4. The van der Waals surface area contributed by atoms with E-state index in [1.54, 1.807) is 0 Å². The summed E-state index contributed by atoms with van der Waals surface area (Å²) in [6.45, 7) is 0. The second-order valence-electron chi connectivity index (χ2n) is 14.1. The van der Waals surface area contributed by atoms with Crippen LogP contribution in [0.1, 0.15) is 23.0 Å². The molecular formula is C40H44N6O2-2. The van der Waals surface area contributed by atoms with Crippen molar-refractivity contribution in [2.75, 3.05) is 87.4 Å². The zero-order chi connectivity index (χ0) is 34.3. The predicted molar refractivity (Wildman–Crippen MR) is 202 cm³/mol. The quantitative estimate of drug-likeness (QED) is 0.192. The average molecular weight is 641 g/mol. The van der Waals surface area contributed by atoms with E-state index in [0.29, 0.717) is 22.5 Å². The number of benzene rings is 6. The zero-order valence-electron chi connectivity index (χ0n) is 29.0. The molecule has 48 heavy (non-hydrogen) atoms. The van der Waals surface area contributed by atoms with E-state index in [9.17, 15) is 10.2 Å². The van der Waals surface area contributed by atoms with Crippen molar-refractivity contribution in [3.05, 3.63) is 83.9 Å². The van der Waals surface area contributed by atoms with E-state index in [-0.39, 0.29) is 0 Å². The highest BCUT2D eigenvalue weighted by Crippen LogP contribution is 2.55. The van der Waals surface area contributed by atoms with Crippen molar-refractivity contribution >= 4 is 77.2 Å². The van der Waals surface area contributed by atoms with Crippen LogP contribution in [0.2, 0.25) is 0 Å². The predicted octanol–water partition coefficient (Wildman–Crippen LogP) is 5.07. The first-order valence-electron chi connectivity index (χ1n) is 16.4. The molecule has 1 fully saturated rings. The summed E-state index contributed by atoms with van der Waals surface area (Å²) in [6, 6.07) is 24.5. The third kappa shape index (κ3) is 4.50. The maximum atomic E-state index is 14.7. The summed E-state index contributed by atoms with van der Waals surface area (Å²) in [5.41, 5.74) is 19.9. The van der Waals surface area contributed by atoms with Gasteiger partial charge in [-0.2, -0.15) is 0 Å². The molecule has 6 aromatic carbocycles. The van der Waals surface area contributed by atoms with Gasteiger partial charge in [-0.15, -0.1) is 12.2 Å². The summed E-state index contributed by atoms with van der Waals surface area (Å²) in [4.78, 5) is 8.30. The van der Waals surface area contributed by atoms with Gasteiger partial charge in [0.15, 0.2) is 0 Å². The van der Waals surface area contributed by atoms with E-state index >= 15 is 0 Å². The third-order valence-electron chi connectivity index (χ3n) is 10.3. The largest absolute Gasteiger partial charge is 0.851 e. The van der Waals surface area contributed by atoms with Crippen LogP contribution in [0.15, 0.2) is 72.8 Å². The molecule has 8 heteroatoms. The molecule has 0 aliphatic heterocycles. The molecule has 0 aromatic heterocycles. The van der Waals surface area contributed by atoms with Gasteiger partial charge in [0, 0.05) is 101 Å². The van der Waals surface area contributed by atoms with E-state index in [1.165, 1.54) is 0 Å². The van der Waals surface area contributed by atoms with E-state index in [1.807, 2.05) is 103 Å². The van der Waals surface area contributed by atoms with Crippen molar-refractivity contribution in [3.63, 3.8) is 0 Å². The second kappa shape index (κ2) is 11.4. The molecule has 0 bridgehead atoms. The van der Waals surface area contributed by atoms with Crippen LogP contribution in [0, 0.1) is 0 Å². The summed E-state index contributed by atoms with van der Waals surface area (Å²) >= 11 is 0. The van der Waals surface area contributed by atoms with Gasteiger partial charge in [-0.05, 0) is 68.8 Å². The first-order chi connectivity index (χ1) is 22.8. The van der Waals surface area contributed by atoms with Crippen LogP contribution in [0.3, 0.4) is 0 Å². The zero-order valence-corrected chi connectivity index (χ0v) is 29.0. The van der Waals surface area contributed by atoms with Crippen molar-refractivity contribution in [3.8, 4) is 0 Å². The van der Waals surface area contributed by atoms with Crippen LogP contribution >= 0.6 is 0 Å². The number of nitrogens with two attached hydrogens (primary N) is 2. The van der Waals surface area contributed by atoms with Crippen LogP contribution in [0.25, 0.3) is 43.1 Å². The summed E-state index contributed by atoms with van der Waals surface area (Å²) in [7, 11) is 16.1. The Bertz CT molecular complexity index is 2080. The van der Waals surface area contributed by atoms with Crippen molar-refractivity contribution in [1.82, 2.24) is 0 Å². The summed E-state index contributed by atoms with van der Waals surface area (Å²) in [5, 5.41) is 37.3. The van der Waals surface area contributed by atoms with Gasteiger partial charge < -0.3 is 41.3 Å². The topological polar surface area (TPSA) is 111 Å². The minimum atomic E-state index is -1.23. The maximum Gasteiger partial charge on any atom is 0.0541 e. The third-order valence-corrected chi connectivity index (χ3v) is 10.3. The molecule has 248 valence electrons. The Morgan fingerprint density at radius 3 is 1.17 bits per heavy atom. The van der Waals surface area contributed by atoms with Gasteiger partial charge in [-0.25, -0.2) is 0 Å². The lowest BCUT2D eigenvalue weighted by atomic mass is 9.61.